The number of hydrogen-bond acceptors (Lipinski definition) is 3. The van der Waals surface area contributed by atoms with Crippen molar-refractivity contribution in [1.29, 1.82) is 0 Å². The molecule has 0 atom stereocenters. The van der Waals surface area contributed by atoms with Crippen LogP contribution in [0.15, 0.2) is 41.2 Å². The van der Waals surface area contributed by atoms with E-state index in [0.717, 1.165) is 16.8 Å². The number of furan rings is 1. The summed E-state index contributed by atoms with van der Waals surface area (Å²) in [6, 6.07) is 7.52. The molecule has 0 aliphatic carbocycles. The average molecular weight is 174 g/mol. The van der Waals surface area contributed by atoms with Crippen molar-refractivity contribution < 1.29 is 4.42 Å². The minimum absolute atomic E-state index is 0.630. The zero-order valence-electron chi connectivity index (χ0n) is 7.03. The summed E-state index contributed by atoms with van der Waals surface area (Å²) in [6.07, 6.45) is 3.13. The van der Waals surface area contributed by atoms with Crippen LogP contribution in [-0.4, -0.2) is 0 Å². The van der Waals surface area contributed by atoms with Gasteiger partial charge in [-0.3, -0.25) is 0 Å². The number of hydrogen-bond donors (Lipinski definition) is 2. The molecule has 0 saturated heterocycles. The Morgan fingerprint density at radius 3 is 2.54 bits per heavy atom. The molecule has 0 amide bonds. The van der Waals surface area contributed by atoms with E-state index in [2.05, 4.69) is 0 Å². The number of anilines is 2. The summed E-state index contributed by atoms with van der Waals surface area (Å²) in [5.74, 6) is 0. The van der Waals surface area contributed by atoms with Crippen LogP contribution in [0.3, 0.4) is 0 Å². The summed E-state index contributed by atoms with van der Waals surface area (Å²) in [5.41, 5.74) is 14.5. The van der Waals surface area contributed by atoms with E-state index >= 15 is 0 Å². The molecule has 4 N–H and O–H groups in total. The van der Waals surface area contributed by atoms with E-state index in [1.807, 2.05) is 24.3 Å². The van der Waals surface area contributed by atoms with Crippen LogP contribution in [0.5, 0.6) is 0 Å². The number of nitrogen functional groups attached to an aromatic ring is 2. The minimum Gasteiger partial charge on any atom is -0.470 e. The van der Waals surface area contributed by atoms with Gasteiger partial charge in [-0.25, -0.2) is 0 Å². The molecule has 2 rings (SSSR count). The average Bonchev–Trinajstić information content (AvgIpc) is 2.51. The zero-order chi connectivity index (χ0) is 9.26. The van der Waals surface area contributed by atoms with Gasteiger partial charge in [0.25, 0.3) is 0 Å². The summed E-state index contributed by atoms with van der Waals surface area (Å²) in [4.78, 5) is 0. The highest BCUT2D eigenvalue weighted by atomic mass is 16.3. The minimum atomic E-state index is 0.630. The summed E-state index contributed by atoms with van der Waals surface area (Å²) in [7, 11) is 0. The van der Waals surface area contributed by atoms with Gasteiger partial charge in [0.1, 0.15) is 12.5 Å². The monoisotopic (exact) mass is 174 g/mol. The summed E-state index contributed by atoms with van der Waals surface area (Å²) < 4.78 is 4.97. The summed E-state index contributed by atoms with van der Waals surface area (Å²) in [5, 5.41) is 0. The fourth-order valence-electron chi connectivity index (χ4n) is 1.25. The van der Waals surface area contributed by atoms with Crippen LogP contribution in [0.25, 0.3) is 11.1 Å². The predicted octanol–water partition coefficient (Wildman–Crippen LogP) is 2.11. The molecule has 1 aromatic carbocycles. The van der Waals surface area contributed by atoms with Crippen LogP contribution in [0.2, 0.25) is 0 Å². The highest BCUT2D eigenvalue weighted by molar-refractivity contribution is 5.76. The Kier molecular flexibility index (Phi) is 1.70. The lowest BCUT2D eigenvalue weighted by Crippen LogP contribution is -1.87. The van der Waals surface area contributed by atoms with Gasteiger partial charge in [-0.1, -0.05) is 12.1 Å². The molecule has 1 heterocycles. The second-order valence-corrected chi connectivity index (χ2v) is 2.87. The zero-order valence-corrected chi connectivity index (χ0v) is 7.03. The quantitative estimate of drug-likeness (QED) is 0.651. The maximum atomic E-state index is 5.69. The van der Waals surface area contributed by atoms with Gasteiger partial charge in [0.15, 0.2) is 0 Å². The lowest BCUT2D eigenvalue weighted by Gasteiger charge is -1.99. The van der Waals surface area contributed by atoms with Gasteiger partial charge in [-0.15, -0.1) is 0 Å². The van der Waals surface area contributed by atoms with Gasteiger partial charge in [-0.2, -0.15) is 0 Å². The van der Waals surface area contributed by atoms with E-state index in [9.17, 15) is 0 Å². The third-order valence-electron chi connectivity index (χ3n) is 1.89. The van der Waals surface area contributed by atoms with Gasteiger partial charge in [0, 0.05) is 11.3 Å². The molecule has 1 aromatic heterocycles. The first kappa shape index (κ1) is 7.73. The second kappa shape index (κ2) is 2.86. The highest BCUT2D eigenvalue weighted by Crippen LogP contribution is 2.27. The molecule has 0 fully saturated rings. The van der Waals surface area contributed by atoms with Crippen LogP contribution in [0.1, 0.15) is 0 Å². The maximum absolute atomic E-state index is 5.69. The molecule has 2 aromatic rings. The Morgan fingerprint density at radius 2 is 1.92 bits per heavy atom. The molecule has 0 aliphatic rings. The molecule has 3 heteroatoms. The Hall–Kier alpha value is -1.90. The fraction of sp³-hybridized carbons (Fsp3) is 0. The first-order valence-corrected chi connectivity index (χ1v) is 3.95. The molecule has 0 radical (unpaired) electrons. The summed E-state index contributed by atoms with van der Waals surface area (Å²) >= 11 is 0. The van der Waals surface area contributed by atoms with Crippen molar-refractivity contribution in [3.8, 4) is 11.1 Å². The van der Waals surface area contributed by atoms with Crippen molar-refractivity contribution in [2.24, 2.45) is 0 Å². The SMILES string of the molecule is Nc1cccc(-c2cocc2N)c1. The van der Waals surface area contributed by atoms with Gasteiger partial charge in [0.05, 0.1) is 5.69 Å². The lowest BCUT2D eigenvalue weighted by atomic mass is 10.1. The van der Waals surface area contributed by atoms with E-state index in [0.29, 0.717) is 5.69 Å². The predicted molar refractivity (Wildman–Crippen MR) is 53.0 cm³/mol. The molecule has 3 nitrogen and oxygen atoms in total. The summed E-state index contributed by atoms with van der Waals surface area (Å²) in [6.45, 7) is 0. The van der Waals surface area contributed by atoms with Crippen molar-refractivity contribution >= 4 is 11.4 Å². The van der Waals surface area contributed by atoms with E-state index in [-0.39, 0.29) is 0 Å². The topological polar surface area (TPSA) is 65.2 Å². The molecule has 0 unspecified atom stereocenters. The normalized spacial score (nSPS) is 10.2. The molecule has 13 heavy (non-hydrogen) atoms. The first-order chi connectivity index (χ1) is 6.27. The third kappa shape index (κ3) is 1.36. The van der Waals surface area contributed by atoms with Crippen molar-refractivity contribution in [3.63, 3.8) is 0 Å². The van der Waals surface area contributed by atoms with Gasteiger partial charge >= 0.3 is 0 Å². The van der Waals surface area contributed by atoms with Crippen LogP contribution in [-0.2, 0) is 0 Å². The van der Waals surface area contributed by atoms with E-state index in [1.54, 1.807) is 6.26 Å². The largest absolute Gasteiger partial charge is 0.470 e. The Balaban J connectivity index is 2.53. The number of rotatable bonds is 1. The van der Waals surface area contributed by atoms with Crippen molar-refractivity contribution in [2.45, 2.75) is 0 Å². The smallest absolute Gasteiger partial charge is 0.114 e. The second-order valence-electron chi connectivity index (χ2n) is 2.87. The Morgan fingerprint density at radius 1 is 1.08 bits per heavy atom. The Labute approximate surface area is 76.0 Å². The van der Waals surface area contributed by atoms with Gasteiger partial charge < -0.3 is 15.9 Å². The standard InChI is InChI=1S/C10H10N2O/c11-8-3-1-2-7(4-8)9-5-13-6-10(9)12/h1-6H,11-12H2. The third-order valence-corrected chi connectivity index (χ3v) is 1.89. The van der Waals surface area contributed by atoms with E-state index in [1.165, 1.54) is 6.26 Å². The fourth-order valence-corrected chi connectivity index (χ4v) is 1.25. The Bertz CT molecular complexity index is 420. The first-order valence-electron chi connectivity index (χ1n) is 3.95. The number of nitrogens with two attached hydrogens (primary N) is 2. The van der Waals surface area contributed by atoms with E-state index < -0.39 is 0 Å². The van der Waals surface area contributed by atoms with E-state index in [4.69, 9.17) is 15.9 Å². The van der Waals surface area contributed by atoms with Crippen LogP contribution in [0.4, 0.5) is 11.4 Å². The molecule has 0 saturated carbocycles. The van der Waals surface area contributed by atoms with Crippen LogP contribution in [0, 0.1) is 0 Å². The maximum Gasteiger partial charge on any atom is 0.114 e. The molecule has 66 valence electrons. The van der Waals surface area contributed by atoms with Gasteiger partial charge in [-0.05, 0) is 17.7 Å². The molecule has 0 bridgehead atoms. The molecular weight excluding hydrogens is 164 g/mol. The molecular formula is C10H10N2O. The van der Waals surface area contributed by atoms with Crippen molar-refractivity contribution in [1.82, 2.24) is 0 Å². The van der Waals surface area contributed by atoms with Crippen molar-refractivity contribution in [2.75, 3.05) is 11.5 Å². The highest BCUT2D eigenvalue weighted by Gasteiger charge is 2.03. The number of benzene rings is 1. The molecule has 0 aliphatic heterocycles. The lowest BCUT2D eigenvalue weighted by molar-refractivity contribution is 0.569. The van der Waals surface area contributed by atoms with Crippen LogP contribution >= 0.6 is 0 Å². The van der Waals surface area contributed by atoms with Crippen LogP contribution < -0.4 is 11.5 Å². The van der Waals surface area contributed by atoms with Gasteiger partial charge in [0.2, 0.25) is 0 Å². The molecule has 0 spiro atoms. The van der Waals surface area contributed by atoms with Crippen molar-refractivity contribution in [3.05, 3.63) is 36.8 Å².